The molecule has 0 saturated heterocycles. The number of oxazole rings is 2. The van der Waals surface area contributed by atoms with Crippen molar-refractivity contribution >= 4 is 92.2 Å². The third-order valence-corrected chi connectivity index (χ3v) is 16.6. The fourth-order valence-electron chi connectivity index (χ4n) is 10.6. The number of hydrogen-bond donors (Lipinski definition) is 2. The Bertz CT molecular complexity index is 3520. The van der Waals surface area contributed by atoms with Gasteiger partial charge in [0.1, 0.15) is 18.2 Å². The number of ketones is 2. The number of unbranched alkanes of at least 4 members (excludes halogenated alkanes) is 1. The molecule has 4 heterocycles. The lowest BCUT2D eigenvalue weighted by molar-refractivity contribution is -0.679. The number of anilines is 4. The number of nitrogens with zero attached hydrogens (tertiary/aromatic N) is 6. The SMILES string of the molecule is CCN1C(=CC2=C(SCc3ccccc3)/C(=C\c3oc4ccccc4[n+]3CCCCSC3=C(/C=C4/N(CC)c5ccccc5N4CCO)C(=O)/C3=C/c3oc4ccccc4[n+]3CCO)C2=O)N(CC)c2ccccc21. The molecule has 0 fully saturated rings. The number of hydrogen-bond acceptors (Lipinski definition) is 12. The van der Waals surface area contributed by atoms with E-state index >= 15 is 0 Å². The number of aliphatic hydroxyl groups is 2. The van der Waals surface area contributed by atoms with Crippen LogP contribution in [0.5, 0.6) is 0 Å². The molecule has 0 bridgehead atoms. The lowest BCUT2D eigenvalue weighted by Crippen LogP contribution is -2.37. The predicted molar refractivity (Wildman–Crippen MR) is 302 cm³/mol. The van der Waals surface area contributed by atoms with Gasteiger partial charge in [-0.3, -0.25) is 9.59 Å². The summed E-state index contributed by atoms with van der Waals surface area (Å²) < 4.78 is 17.0. The van der Waals surface area contributed by atoms with Crippen LogP contribution in [-0.4, -0.2) is 66.9 Å². The number of Topliss-reactive ketones (excluding diaryl/α,β-unsaturated/α-hetero) is 2. The van der Waals surface area contributed by atoms with Gasteiger partial charge in [-0.25, -0.2) is 0 Å². The molecule has 75 heavy (non-hydrogen) atoms. The molecule has 11 rings (SSSR count). The molecule has 2 N–H and O–H groups in total. The summed E-state index contributed by atoms with van der Waals surface area (Å²) in [5.41, 5.74) is 11.2. The molecule has 14 heteroatoms. The number of benzene rings is 5. The molecular weight excluding hydrogens is 977 g/mol. The van der Waals surface area contributed by atoms with Crippen molar-refractivity contribution < 1.29 is 37.8 Å². The Hall–Kier alpha value is -7.36. The van der Waals surface area contributed by atoms with Crippen LogP contribution in [0.2, 0.25) is 0 Å². The molecule has 0 spiro atoms. The normalized spacial score (nSPS) is 17.0. The zero-order chi connectivity index (χ0) is 51.6. The largest absolute Gasteiger partial charge is 0.398 e. The maximum atomic E-state index is 14.6. The van der Waals surface area contributed by atoms with E-state index in [9.17, 15) is 19.8 Å². The predicted octanol–water partition coefficient (Wildman–Crippen LogP) is 10.7. The van der Waals surface area contributed by atoms with Gasteiger partial charge >= 0.3 is 11.8 Å². The highest BCUT2D eigenvalue weighted by Crippen LogP contribution is 2.48. The number of carbonyl (C=O) groups excluding carboxylic acids is 2. The van der Waals surface area contributed by atoms with Gasteiger partial charge in [0, 0.05) is 82.6 Å². The quantitative estimate of drug-likeness (QED) is 0.0429. The Kier molecular flexibility index (Phi) is 14.5. The molecule has 0 atom stereocenters. The second kappa shape index (κ2) is 21.8. The molecule has 5 aromatic carbocycles. The van der Waals surface area contributed by atoms with E-state index in [0.717, 1.165) is 92.5 Å². The molecule has 0 unspecified atom stereocenters. The van der Waals surface area contributed by atoms with Crippen molar-refractivity contribution in [2.45, 2.75) is 52.5 Å². The number of β-amino-alcohol motifs (C(OH)–C–C–N with tert-alkyl or cyclic N) is 1. The van der Waals surface area contributed by atoms with E-state index in [-0.39, 0.29) is 24.8 Å². The first kappa shape index (κ1) is 49.8. The number of aromatic nitrogens is 2. The van der Waals surface area contributed by atoms with E-state index in [1.807, 2.05) is 102 Å². The van der Waals surface area contributed by atoms with E-state index in [2.05, 4.69) is 99.5 Å². The van der Waals surface area contributed by atoms with Crippen molar-refractivity contribution in [3.05, 3.63) is 201 Å². The molecule has 4 aliphatic rings. The van der Waals surface area contributed by atoms with Crippen molar-refractivity contribution in [2.75, 3.05) is 64.7 Å². The Balaban J connectivity index is 0.892. The van der Waals surface area contributed by atoms with E-state index in [1.54, 1.807) is 23.5 Å². The molecule has 380 valence electrons. The fraction of sp³-hybridized carbons (Fsp3) is 0.246. The van der Waals surface area contributed by atoms with Crippen molar-refractivity contribution in [3.63, 3.8) is 0 Å². The topological polar surface area (TPSA) is 122 Å². The lowest BCUT2D eigenvalue weighted by atomic mass is 9.89. The van der Waals surface area contributed by atoms with Gasteiger partial charge in [-0.15, -0.1) is 23.5 Å². The smallest absolute Gasteiger partial charge is 0.374 e. The van der Waals surface area contributed by atoms with Crippen molar-refractivity contribution in [3.8, 4) is 0 Å². The maximum absolute atomic E-state index is 14.6. The zero-order valence-corrected chi connectivity index (χ0v) is 44.1. The first-order valence-electron chi connectivity index (χ1n) is 25.9. The minimum absolute atomic E-state index is 0.00460. The summed E-state index contributed by atoms with van der Waals surface area (Å²) >= 11 is 3.34. The van der Waals surface area contributed by atoms with Gasteiger partial charge in [0.05, 0.1) is 41.5 Å². The highest BCUT2D eigenvalue weighted by molar-refractivity contribution is 8.03. The average Bonchev–Trinajstić information content (AvgIpc) is 4.17. The second-order valence-electron chi connectivity index (χ2n) is 18.5. The zero-order valence-electron chi connectivity index (χ0n) is 42.4. The standard InChI is InChI=1S/C61H60N6O6S2/c1-4-62-46-22-10-11-23-47(46)63(5-2)54(62)36-43-59(71)45(61(43)75-40-41-20-8-7-9-21-41)39-56-66(50-26-14-16-28-52(50)72-56)30-18-19-35-74-60-42(37-55-64(6-3)48-24-12-13-25-49(48)65(55)31-33-68)58(70)44(60)38-57-67(32-34-69)51-27-15-17-29-53(51)73-57/h7-17,20-29,36-39,68-69H,4-6,18-19,30-35,40H2,1-3H3/q+2. The summed E-state index contributed by atoms with van der Waals surface area (Å²) in [7, 11) is 0. The Morgan fingerprint density at radius 2 is 0.960 bits per heavy atom. The van der Waals surface area contributed by atoms with Crippen molar-refractivity contribution in [2.24, 2.45) is 0 Å². The number of allylic oxidation sites excluding steroid dienone is 6. The van der Waals surface area contributed by atoms with Crippen LogP contribution < -0.4 is 28.7 Å². The van der Waals surface area contributed by atoms with E-state index in [4.69, 9.17) is 8.83 Å². The molecule has 0 radical (unpaired) electrons. The van der Waals surface area contributed by atoms with Gasteiger partial charge in [0.2, 0.25) is 11.2 Å². The number of thioether (sulfide) groups is 2. The third kappa shape index (κ3) is 9.24. The summed E-state index contributed by atoms with van der Waals surface area (Å²) in [4.78, 5) is 39.7. The second-order valence-corrected chi connectivity index (χ2v) is 20.6. The van der Waals surface area contributed by atoms with Crippen LogP contribution in [0.4, 0.5) is 22.7 Å². The van der Waals surface area contributed by atoms with Crippen molar-refractivity contribution in [1.29, 1.82) is 0 Å². The van der Waals surface area contributed by atoms with Gasteiger partial charge in [-0.2, -0.15) is 9.13 Å². The highest BCUT2D eigenvalue weighted by Gasteiger charge is 2.40. The number of aryl methyl sites for hydroxylation is 1. The number of carbonyl (C=O) groups is 2. The fourth-order valence-corrected chi connectivity index (χ4v) is 12.9. The number of fused-ring (bicyclic) bond motifs is 4. The molecule has 2 aliphatic heterocycles. The van der Waals surface area contributed by atoms with Gasteiger partial charge < -0.3 is 38.6 Å². The number of para-hydroxylation sites is 8. The minimum atomic E-state index is -0.0889. The summed E-state index contributed by atoms with van der Waals surface area (Å²) in [6.07, 6.45) is 9.44. The maximum Gasteiger partial charge on any atom is 0.374 e. The summed E-state index contributed by atoms with van der Waals surface area (Å²) in [5, 5.41) is 20.3. The third-order valence-electron chi connectivity index (χ3n) is 14.2. The van der Waals surface area contributed by atoms with Gasteiger partial charge in [-0.1, -0.05) is 78.9 Å². The molecule has 7 aromatic rings. The molecule has 0 saturated carbocycles. The van der Waals surface area contributed by atoms with Crippen LogP contribution in [0.3, 0.4) is 0 Å². The van der Waals surface area contributed by atoms with Crippen LogP contribution in [0.25, 0.3) is 34.4 Å². The Morgan fingerprint density at radius 3 is 1.47 bits per heavy atom. The lowest BCUT2D eigenvalue weighted by Gasteiger charge is -2.28. The van der Waals surface area contributed by atoms with Gasteiger partial charge in [0.15, 0.2) is 24.7 Å². The van der Waals surface area contributed by atoms with Crippen LogP contribution in [0, 0.1) is 0 Å². The first-order chi connectivity index (χ1) is 36.8. The monoisotopic (exact) mass is 1040 g/mol. The summed E-state index contributed by atoms with van der Waals surface area (Å²) in [5.74, 6) is 4.30. The highest BCUT2D eigenvalue weighted by atomic mass is 32.2. The molecular formula is C61H60N6O6S2+2. The van der Waals surface area contributed by atoms with Crippen LogP contribution >= 0.6 is 23.5 Å². The summed E-state index contributed by atoms with van der Waals surface area (Å²) in [6, 6.07) is 42.6. The van der Waals surface area contributed by atoms with E-state index < -0.39 is 0 Å². The van der Waals surface area contributed by atoms with E-state index in [0.29, 0.717) is 71.6 Å². The Morgan fingerprint density at radius 1 is 0.507 bits per heavy atom. The van der Waals surface area contributed by atoms with Gasteiger partial charge in [0.25, 0.3) is 11.0 Å². The number of aliphatic hydroxyl groups excluding tert-OH is 2. The Labute approximate surface area is 445 Å². The van der Waals surface area contributed by atoms with Crippen LogP contribution in [0.15, 0.2) is 192 Å². The molecule has 2 aromatic heterocycles. The summed E-state index contributed by atoms with van der Waals surface area (Å²) in [6.45, 7) is 9.81. The molecule has 0 amide bonds. The van der Waals surface area contributed by atoms with Crippen LogP contribution in [0.1, 0.15) is 51.0 Å². The molecule has 2 aliphatic carbocycles. The van der Waals surface area contributed by atoms with E-state index in [1.165, 1.54) is 5.56 Å². The van der Waals surface area contributed by atoms with Crippen LogP contribution in [-0.2, 0) is 28.4 Å². The number of rotatable bonds is 20. The average molecular weight is 1040 g/mol. The van der Waals surface area contributed by atoms with Crippen molar-refractivity contribution in [1.82, 2.24) is 0 Å². The van der Waals surface area contributed by atoms with Gasteiger partial charge in [-0.05, 0) is 87.1 Å². The minimum Gasteiger partial charge on any atom is -0.398 e. The first-order valence-corrected chi connectivity index (χ1v) is 27.9. The molecule has 12 nitrogen and oxygen atoms in total.